The van der Waals surface area contributed by atoms with Crippen molar-refractivity contribution >= 4 is 26.6 Å². The Morgan fingerprint density at radius 2 is 1.93 bits per heavy atom. The van der Waals surface area contributed by atoms with Gasteiger partial charge in [0.1, 0.15) is 4.90 Å². The first-order chi connectivity index (χ1) is 13.4. The zero-order valence-corrected chi connectivity index (χ0v) is 16.3. The Kier molecular flexibility index (Phi) is 4.27. The van der Waals surface area contributed by atoms with Crippen LogP contribution in [0.25, 0.3) is 22.2 Å². The average molecular weight is 398 g/mol. The van der Waals surface area contributed by atoms with Crippen molar-refractivity contribution in [3.63, 3.8) is 0 Å². The number of rotatable bonds is 5. The summed E-state index contributed by atoms with van der Waals surface area (Å²) in [6.07, 6.45) is 4.76. The van der Waals surface area contributed by atoms with Gasteiger partial charge in [0.25, 0.3) is 10.0 Å². The van der Waals surface area contributed by atoms with Crippen LogP contribution in [0.3, 0.4) is 0 Å². The van der Waals surface area contributed by atoms with Gasteiger partial charge in [-0.1, -0.05) is 12.1 Å². The molecule has 4 aromatic rings. The molecule has 10 heteroatoms. The van der Waals surface area contributed by atoms with E-state index in [2.05, 4.69) is 19.9 Å². The van der Waals surface area contributed by atoms with E-state index in [1.54, 1.807) is 54.1 Å². The van der Waals surface area contributed by atoms with Crippen molar-refractivity contribution < 1.29 is 13.2 Å². The number of nitrogens with one attached hydrogen (secondary N) is 1. The Balaban J connectivity index is 1.67. The standard InChI is InChI=1S/C18H18N6O3S/c1-23-11-14(18(21-23)27-3)15-8-7-13(10-19-15)28(25,26)22-16-6-4-5-12-9-20-24(2)17(12)16/h4-11,22H,1-3H3. The molecule has 4 rings (SSSR count). The Morgan fingerprint density at radius 1 is 1.11 bits per heavy atom. The summed E-state index contributed by atoms with van der Waals surface area (Å²) in [5, 5.41) is 9.20. The minimum atomic E-state index is -3.81. The number of aryl methyl sites for hydroxylation is 2. The lowest BCUT2D eigenvalue weighted by atomic mass is 10.2. The normalized spacial score (nSPS) is 11.7. The Bertz CT molecular complexity index is 1260. The highest BCUT2D eigenvalue weighted by molar-refractivity contribution is 7.92. The quantitative estimate of drug-likeness (QED) is 0.553. The maximum absolute atomic E-state index is 12.8. The van der Waals surface area contributed by atoms with E-state index in [9.17, 15) is 8.42 Å². The van der Waals surface area contributed by atoms with E-state index in [1.807, 2.05) is 6.07 Å². The molecule has 0 bridgehead atoms. The fourth-order valence-electron chi connectivity index (χ4n) is 3.01. The fourth-order valence-corrected chi connectivity index (χ4v) is 4.02. The van der Waals surface area contributed by atoms with Crippen LogP contribution in [-0.2, 0) is 24.1 Å². The van der Waals surface area contributed by atoms with E-state index in [4.69, 9.17) is 4.74 Å². The number of hydrogen-bond donors (Lipinski definition) is 1. The zero-order chi connectivity index (χ0) is 19.9. The predicted molar refractivity (Wildman–Crippen MR) is 105 cm³/mol. The van der Waals surface area contributed by atoms with Gasteiger partial charge in [0, 0.05) is 31.9 Å². The van der Waals surface area contributed by atoms with Crippen LogP contribution in [0.1, 0.15) is 0 Å². The molecule has 0 spiro atoms. The van der Waals surface area contributed by atoms with Gasteiger partial charge in [-0.15, -0.1) is 5.10 Å². The molecule has 3 heterocycles. The summed E-state index contributed by atoms with van der Waals surface area (Å²) in [6.45, 7) is 0. The van der Waals surface area contributed by atoms with Crippen molar-refractivity contribution in [2.24, 2.45) is 14.1 Å². The number of sulfonamides is 1. The van der Waals surface area contributed by atoms with Crippen molar-refractivity contribution in [2.45, 2.75) is 4.90 Å². The smallest absolute Gasteiger partial charge is 0.263 e. The van der Waals surface area contributed by atoms with Gasteiger partial charge in [0.15, 0.2) is 0 Å². The number of hydrogen-bond acceptors (Lipinski definition) is 6. The molecule has 144 valence electrons. The minimum Gasteiger partial charge on any atom is -0.479 e. The van der Waals surface area contributed by atoms with Gasteiger partial charge < -0.3 is 4.74 Å². The highest BCUT2D eigenvalue weighted by Crippen LogP contribution is 2.28. The Morgan fingerprint density at radius 3 is 2.64 bits per heavy atom. The molecule has 1 aromatic carbocycles. The summed E-state index contributed by atoms with van der Waals surface area (Å²) in [4.78, 5) is 4.33. The third-order valence-electron chi connectivity index (χ3n) is 4.32. The summed E-state index contributed by atoms with van der Waals surface area (Å²) in [7, 11) is 1.24. The van der Waals surface area contributed by atoms with E-state index < -0.39 is 10.0 Å². The van der Waals surface area contributed by atoms with Crippen LogP contribution < -0.4 is 9.46 Å². The molecule has 0 amide bonds. The molecular weight excluding hydrogens is 380 g/mol. The highest BCUT2D eigenvalue weighted by Gasteiger charge is 2.19. The lowest BCUT2D eigenvalue weighted by Crippen LogP contribution is -2.14. The third-order valence-corrected chi connectivity index (χ3v) is 5.67. The van der Waals surface area contributed by atoms with Gasteiger partial charge in [-0.25, -0.2) is 8.42 Å². The molecule has 0 aliphatic heterocycles. The van der Waals surface area contributed by atoms with Crippen LogP contribution in [-0.4, -0.2) is 40.1 Å². The highest BCUT2D eigenvalue weighted by atomic mass is 32.2. The van der Waals surface area contributed by atoms with E-state index in [1.165, 1.54) is 19.4 Å². The van der Waals surface area contributed by atoms with Gasteiger partial charge >= 0.3 is 0 Å². The second kappa shape index (κ2) is 6.64. The Hall–Kier alpha value is -3.40. The van der Waals surface area contributed by atoms with Crippen LogP contribution in [0.4, 0.5) is 5.69 Å². The zero-order valence-electron chi connectivity index (χ0n) is 15.5. The molecule has 0 aliphatic rings. The summed E-state index contributed by atoms with van der Waals surface area (Å²) in [5.74, 6) is 0.423. The number of aromatic nitrogens is 5. The number of para-hydroxylation sites is 1. The molecule has 0 saturated heterocycles. The maximum atomic E-state index is 12.8. The van der Waals surface area contributed by atoms with E-state index >= 15 is 0 Å². The van der Waals surface area contributed by atoms with Crippen molar-refractivity contribution in [2.75, 3.05) is 11.8 Å². The first kappa shape index (κ1) is 18.0. The van der Waals surface area contributed by atoms with Crippen LogP contribution in [0.2, 0.25) is 0 Å². The number of fused-ring (bicyclic) bond motifs is 1. The van der Waals surface area contributed by atoms with Gasteiger partial charge in [-0.3, -0.25) is 19.1 Å². The summed E-state index contributed by atoms with van der Waals surface area (Å²) >= 11 is 0. The molecule has 0 radical (unpaired) electrons. The fraction of sp³-hybridized carbons (Fsp3) is 0.167. The number of nitrogens with zero attached hydrogens (tertiary/aromatic N) is 5. The molecule has 0 atom stereocenters. The van der Waals surface area contributed by atoms with E-state index in [0.29, 0.717) is 28.3 Å². The largest absolute Gasteiger partial charge is 0.479 e. The molecule has 0 aliphatic carbocycles. The molecule has 0 saturated carbocycles. The van der Waals surface area contributed by atoms with Gasteiger partial charge in [0.2, 0.25) is 5.88 Å². The third kappa shape index (κ3) is 3.07. The minimum absolute atomic E-state index is 0.0540. The molecule has 9 nitrogen and oxygen atoms in total. The van der Waals surface area contributed by atoms with Gasteiger partial charge in [-0.05, 0) is 18.2 Å². The van der Waals surface area contributed by atoms with Crippen LogP contribution in [0, 0.1) is 0 Å². The van der Waals surface area contributed by atoms with Crippen molar-refractivity contribution in [1.29, 1.82) is 0 Å². The van der Waals surface area contributed by atoms with E-state index in [0.717, 1.165) is 5.39 Å². The van der Waals surface area contributed by atoms with Gasteiger partial charge in [0.05, 0.1) is 35.8 Å². The summed E-state index contributed by atoms with van der Waals surface area (Å²) in [5.41, 5.74) is 2.41. The lowest BCUT2D eigenvalue weighted by Gasteiger charge is -2.10. The average Bonchev–Trinajstić information content (AvgIpc) is 3.25. The SMILES string of the molecule is COc1nn(C)cc1-c1ccc(S(=O)(=O)Nc2cccc3cnn(C)c23)cn1. The monoisotopic (exact) mass is 398 g/mol. The number of methoxy groups -OCH3 is 1. The first-order valence-corrected chi connectivity index (χ1v) is 9.85. The van der Waals surface area contributed by atoms with Crippen LogP contribution in [0.15, 0.2) is 53.8 Å². The second-order valence-electron chi connectivity index (χ2n) is 6.22. The molecule has 0 unspecified atom stereocenters. The molecule has 0 fully saturated rings. The number of benzene rings is 1. The van der Waals surface area contributed by atoms with E-state index in [-0.39, 0.29) is 4.90 Å². The van der Waals surface area contributed by atoms with Crippen molar-refractivity contribution in [3.05, 3.63) is 48.9 Å². The van der Waals surface area contributed by atoms with Gasteiger partial charge in [-0.2, -0.15) is 5.10 Å². The maximum Gasteiger partial charge on any atom is 0.263 e. The number of ether oxygens (including phenoxy) is 1. The summed E-state index contributed by atoms with van der Waals surface area (Å²) in [6, 6.07) is 8.47. The first-order valence-electron chi connectivity index (χ1n) is 8.36. The molecule has 28 heavy (non-hydrogen) atoms. The number of anilines is 1. The van der Waals surface area contributed by atoms with Crippen LogP contribution >= 0.6 is 0 Å². The second-order valence-corrected chi connectivity index (χ2v) is 7.90. The number of pyridine rings is 1. The topological polar surface area (TPSA) is 104 Å². The summed E-state index contributed by atoms with van der Waals surface area (Å²) < 4.78 is 36.8. The van der Waals surface area contributed by atoms with Crippen molar-refractivity contribution in [1.82, 2.24) is 24.5 Å². The molecule has 1 N–H and O–H groups in total. The molecular formula is C18H18N6O3S. The van der Waals surface area contributed by atoms with Crippen LogP contribution in [0.5, 0.6) is 5.88 Å². The molecule has 3 aromatic heterocycles. The Labute approximate surface area is 161 Å². The lowest BCUT2D eigenvalue weighted by molar-refractivity contribution is 0.393. The predicted octanol–water partition coefficient (Wildman–Crippen LogP) is 2.18. The van der Waals surface area contributed by atoms with Crippen molar-refractivity contribution in [3.8, 4) is 17.1 Å².